The number of hydrogen-bond acceptors (Lipinski definition) is 4. The lowest BCUT2D eigenvalue weighted by molar-refractivity contribution is -0.384. The molecule has 7 heteroatoms. The van der Waals surface area contributed by atoms with Crippen LogP contribution in [0.3, 0.4) is 0 Å². The number of hydrogen-bond donors (Lipinski definition) is 2. The molecule has 0 aliphatic carbocycles. The van der Waals surface area contributed by atoms with E-state index in [-0.39, 0.29) is 16.7 Å². The number of nitrogens with zero attached hydrogens (tertiary/aromatic N) is 2. The van der Waals surface area contributed by atoms with Crippen molar-refractivity contribution in [2.45, 2.75) is 0 Å². The first-order chi connectivity index (χ1) is 9.41. The number of carbonyl (C=O) groups excluding carboxylic acids is 1. The van der Waals surface area contributed by atoms with E-state index in [0.717, 1.165) is 0 Å². The number of non-ortho nitro benzene ring substituents is 1. The minimum absolute atomic E-state index is 0.00347. The summed E-state index contributed by atoms with van der Waals surface area (Å²) < 4.78 is 1.50. The zero-order chi connectivity index (χ0) is 14.9. The molecule has 0 spiro atoms. The highest BCUT2D eigenvalue weighted by molar-refractivity contribution is 5.92. The molecule has 0 bridgehead atoms. The van der Waals surface area contributed by atoms with Crippen LogP contribution in [-0.2, 0) is 7.05 Å². The summed E-state index contributed by atoms with van der Waals surface area (Å²) in [5.41, 5.74) is 6.66. The van der Waals surface area contributed by atoms with Crippen LogP contribution in [0.1, 0.15) is 10.4 Å². The molecule has 1 aromatic carbocycles. The Morgan fingerprint density at radius 3 is 2.35 bits per heavy atom. The number of primary amides is 1. The number of rotatable bonds is 3. The second kappa shape index (κ2) is 4.96. The third-order valence-corrected chi connectivity index (χ3v) is 3.00. The van der Waals surface area contributed by atoms with E-state index < -0.39 is 10.8 Å². The molecule has 7 nitrogen and oxygen atoms in total. The van der Waals surface area contributed by atoms with Gasteiger partial charge >= 0.3 is 0 Å². The van der Waals surface area contributed by atoms with Gasteiger partial charge in [0.1, 0.15) is 5.49 Å². The Morgan fingerprint density at radius 2 is 1.85 bits per heavy atom. The van der Waals surface area contributed by atoms with Crippen molar-refractivity contribution in [3.05, 3.63) is 57.6 Å². The average Bonchev–Trinajstić information content (AvgIpc) is 2.41. The number of amides is 1. The molecule has 0 aliphatic heterocycles. The van der Waals surface area contributed by atoms with Crippen LogP contribution in [0, 0.1) is 15.5 Å². The first kappa shape index (κ1) is 13.5. The lowest BCUT2D eigenvalue weighted by atomic mass is 10.1. The second-order valence-corrected chi connectivity index (χ2v) is 4.21. The SMILES string of the molecule is Cn1c(-c2ccc([N+](=O)[O-])cc2)ccc(C(N)=O)c1=N. The molecule has 0 unspecified atom stereocenters. The molecular formula is C13H12N4O3. The Kier molecular flexibility index (Phi) is 3.34. The average molecular weight is 272 g/mol. The Morgan fingerprint density at radius 1 is 1.25 bits per heavy atom. The summed E-state index contributed by atoms with van der Waals surface area (Å²) >= 11 is 0. The molecule has 1 heterocycles. The monoisotopic (exact) mass is 272 g/mol. The van der Waals surface area contributed by atoms with Gasteiger partial charge in [0.2, 0.25) is 0 Å². The maximum absolute atomic E-state index is 11.2. The summed E-state index contributed by atoms with van der Waals surface area (Å²) in [6.07, 6.45) is 0. The van der Waals surface area contributed by atoms with Gasteiger partial charge in [-0.05, 0) is 29.8 Å². The van der Waals surface area contributed by atoms with E-state index in [0.29, 0.717) is 11.3 Å². The minimum Gasteiger partial charge on any atom is -0.365 e. The van der Waals surface area contributed by atoms with Crippen LogP contribution in [0.25, 0.3) is 11.3 Å². The molecule has 3 N–H and O–H groups in total. The van der Waals surface area contributed by atoms with Crippen molar-refractivity contribution in [1.29, 1.82) is 5.41 Å². The fourth-order valence-corrected chi connectivity index (χ4v) is 1.90. The molecule has 102 valence electrons. The van der Waals surface area contributed by atoms with Crippen LogP contribution < -0.4 is 11.2 Å². The minimum atomic E-state index is -0.666. The fourth-order valence-electron chi connectivity index (χ4n) is 1.90. The number of aromatic nitrogens is 1. The molecule has 0 aliphatic rings. The number of nitrogens with two attached hydrogens (primary N) is 1. The lowest BCUT2D eigenvalue weighted by Gasteiger charge is -2.10. The van der Waals surface area contributed by atoms with Gasteiger partial charge in [0.15, 0.2) is 0 Å². The number of nitrogens with one attached hydrogen (secondary N) is 1. The maximum Gasteiger partial charge on any atom is 0.269 e. The second-order valence-electron chi connectivity index (χ2n) is 4.21. The summed E-state index contributed by atoms with van der Waals surface area (Å²) in [5, 5.41) is 18.5. The normalized spacial score (nSPS) is 10.2. The predicted molar refractivity (Wildman–Crippen MR) is 71.9 cm³/mol. The Balaban J connectivity index is 2.54. The fraction of sp³-hybridized carbons (Fsp3) is 0.0769. The zero-order valence-corrected chi connectivity index (χ0v) is 10.7. The molecule has 0 radical (unpaired) electrons. The van der Waals surface area contributed by atoms with E-state index in [9.17, 15) is 14.9 Å². The number of nitro groups is 1. The molecule has 0 saturated heterocycles. The Bertz CT molecular complexity index is 747. The predicted octanol–water partition coefficient (Wildman–Crippen LogP) is 1.18. The molecule has 20 heavy (non-hydrogen) atoms. The summed E-state index contributed by atoms with van der Waals surface area (Å²) in [7, 11) is 1.63. The zero-order valence-electron chi connectivity index (χ0n) is 10.7. The molecular weight excluding hydrogens is 260 g/mol. The third kappa shape index (κ3) is 2.28. The van der Waals surface area contributed by atoms with Crippen molar-refractivity contribution in [3.63, 3.8) is 0 Å². The Labute approximate surface area is 113 Å². The van der Waals surface area contributed by atoms with Crippen molar-refractivity contribution in [1.82, 2.24) is 4.57 Å². The van der Waals surface area contributed by atoms with Gasteiger partial charge in [-0.1, -0.05) is 0 Å². The number of nitro benzene ring substituents is 1. The third-order valence-electron chi connectivity index (χ3n) is 3.00. The van der Waals surface area contributed by atoms with E-state index >= 15 is 0 Å². The highest BCUT2D eigenvalue weighted by Gasteiger charge is 2.10. The van der Waals surface area contributed by atoms with Crippen LogP contribution in [0.15, 0.2) is 36.4 Å². The van der Waals surface area contributed by atoms with E-state index in [1.54, 1.807) is 25.2 Å². The summed E-state index contributed by atoms with van der Waals surface area (Å²) in [6.45, 7) is 0. The maximum atomic E-state index is 11.2. The van der Waals surface area contributed by atoms with Gasteiger partial charge in [0.25, 0.3) is 11.6 Å². The van der Waals surface area contributed by atoms with E-state index in [2.05, 4.69) is 0 Å². The van der Waals surface area contributed by atoms with Gasteiger partial charge in [0.05, 0.1) is 10.5 Å². The van der Waals surface area contributed by atoms with Gasteiger partial charge in [-0.2, -0.15) is 0 Å². The van der Waals surface area contributed by atoms with E-state index in [1.807, 2.05) is 0 Å². The highest BCUT2D eigenvalue weighted by atomic mass is 16.6. The highest BCUT2D eigenvalue weighted by Crippen LogP contribution is 2.21. The van der Waals surface area contributed by atoms with E-state index in [1.165, 1.54) is 22.8 Å². The van der Waals surface area contributed by atoms with Crippen molar-refractivity contribution in [3.8, 4) is 11.3 Å². The van der Waals surface area contributed by atoms with Gasteiger partial charge in [-0.15, -0.1) is 0 Å². The molecule has 0 atom stereocenters. The summed E-state index contributed by atoms with van der Waals surface area (Å²) in [6, 6.07) is 9.09. The van der Waals surface area contributed by atoms with Crippen LogP contribution in [0.2, 0.25) is 0 Å². The standard InChI is InChI=1S/C13H12N4O3/c1-16-11(7-6-10(12(16)14)13(15)18)8-2-4-9(5-3-8)17(19)20/h2-7,14H,1H3,(H2,15,18). The lowest BCUT2D eigenvalue weighted by Crippen LogP contribution is -2.28. The summed E-state index contributed by atoms with van der Waals surface area (Å²) in [5.74, 6) is -0.666. The topological polar surface area (TPSA) is 115 Å². The quantitative estimate of drug-likeness (QED) is 0.645. The van der Waals surface area contributed by atoms with E-state index in [4.69, 9.17) is 11.1 Å². The number of benzene rings is 1. The van der Waals surface area contributed by atoms with Crippen molar-refractivity contribution >= 4 is 11.6 Å². The molecule has 0 fully saturated rings. The van der Waals surface area contributed by atoms with Crippen molar-refractivity contribution < 1.29 is 9.72 Å². The van der Waals surface area contributed by atoms with Crippen LogP contribution >= 0.6 is 0 Å². The number of carbonyl (C=O) groups is 1. The molecule has 0 saturated carbocycles. The van der Waals surface area contributed by atoms with Gasteiger partial charge in [-0.3, -0.25) is 20.3 Å². The first-order valence-corrected chi connectivity index (χ1v) is 5.71. The van der Waals surface area contributed by atoms with Crippen molar-refractivity contribution in [2.75, 3.05) is 0 Å². The van der Waals surface area contributed by atoms with Crippen molar-refractivity contribution in [2.24, 2.45) is 12.8 Å². The van der Waals surface area contributed by atoms with Crippen LogP contribution in [-0.4, -0.2) is 15.4 Å². The van der Waals surface area contributed by atoms with Gasteiger partial charge in [0, 0.05) is 24.9 Å². The van der Waals surface area contributed by atoms with Gasteiger partial charge in [-0.25, -0.2) is 0 Å². The first-order valence-electron chi connectivity index (χ1n) is 5.71. The largest absolute Gasteiger partial charge is 0.365 e. The molecule has 1 amide bonds. The molecule has 2 aromatic rings. The van der Waals surface area contributed by atoms with Gasteiger partial charge < -0.3 is 10.3 Å². The van der Waals surface area contributed by atoms with Crippen LogP contribution in [0.4, 0.5) is 5.69 Å². The van der Waals surface area contributed by atoms with Crippen LogP contribution in [0.5, 0.6) is 0 Å². The smallest absolute Gasteiger partial charge is 0.269 e. The molecule has 1 aromatic heterocycles. The summed E-state index contributed by atoms with van der Waals surface area (Å²) in [4.78, 5) is 21.3. The molecule has 2 rings (SSSR count). The number of pyridine rings is 1. The Hall–Kier alpha value is -2.96.